The van der Waals surface area contributed by atoms with Gasteiger partial charge in [0.25, 0.3) is 0 Å². The number of aryl methyl sites for hydroxylation is 1. The first-order valence-corrected chi connectivity index (χ1v) is 6.86. The fraction of sp³-hybridized carbons (Fsp3) is 0.176. The molecule has 0 saturated carbocycles. The number of fused-ring (bicyclic) bond motifs is 1. The number of hydrogen-bond acceptors (Lipinski definition) is 4. The topological polar surface area (TPSA) is 47.0 Å². The first-order valence-electron chi connectivity index (χ1n) is 6.86. The second-order valence-corrected chi connectivity index (χ2v) is 4.87. The summed E-state index contributed by atoms with van der Waals surface area (Å²) in [5.74, 6) is 1.53. The van der Waals surface area contributed by atoms with Gasteiger partial charge < -0.3 is 10.1 Å². The van der Waals surface area contributed by atoms with Crippen LogP contribution >= 0.6 is 0 Å². The first-order chi connectivity index (χ1) is 10.3. The van der Waals surface area contributed by atoms with Crippen molar-refractivity contribution in [3.8, 4) is 5.88 Å². The van der Waals surface area contributed by atoms with Crippen LogP contribution in [0.4, 0.5) is 5.82 Å². The molecule has 3 aromatic rings. The highest BCUT2D eigenvalue weighted by molar-refractivity contribution is 5.81. The molecule has 21 heavy (non-hydrogen) atoms. The minimum atomic E-state index is 0.628. The van der Waals surface area contributed by atoms with Gasteiger partial charge >= 0.3 is 0 Å². The average Bonchev–Trinajstić information content (AvgIpc) is 2.53. The Morgan fingerprint density at radius 1 is 1.14 bits per heavy atom. The summed E-state index contributed by atoms with van der Waals surface area (Å²) in [6.45, 7) is 2.69. The first kappa shape index (κ1) is 13.4. The summed E-state index contributed by atoms with van der Waals surface area (Å²) < 4.78 is 5.26. The van der Waals surface area contributed by atoms with Crippen molar-refractivity contribution in [3.63, 3.8) is 0 Å². The van der Waals surface area contributed by atoms with Crippen molar-refractivity contribution in [1.29, 1.82) is 0 Å². The number of ether oxygens (including phenoxy) is 1. The number of methoxy groups -OCH3 is 1. The van der Waals surface area contributed by atoms with E-state index in [0.29, 0.717) is 12.4 Å². The molecule has 4 heteroatoms. The van der Waals surface area contributed by atoms with E-state index in [9.17, 15) is 0 Å². The maximum atomic E-state index is 5.26. The highest BCUT2D eigenvalue weighted by atomic mass is 16.5. The zero-order valence-electron chi connectivity index (χ0n) is 12.1. The molecule has 2 heterocycles. The molecule has 0 amide bonds. The molecule has 0 fully saturated rings. The number of aromatic nitrogens is 2. The van der Waals surface area contributed by atoms with Gasteiger partial charge in [-0.3, -0.25) is 0 Å². The lowest BCUT2D eigenvalue weighted by atomic mass is 10.1. The molecule has 0 unspecified atom stereocenters. The van der Waals surface area contributed by atoms with E-state index in [1.807, 2.05) is 30.3 Å². The van der Waals surface area contributed by atoms with Crippen LogP contribution in [0.5, 0.6) is 5.88 Å². The summed E-state index contributed by atoms with van der Waals surface area (Å²) in [6, 6.07) is 14.2. The van der Waals surface area contributed by atoms with Gasteiger partial charge in [0.2, 0.25) is 5.88 Å². The van der Waals surface area contributed by atoms with Gasteiger partial charge in [0, 0.05) is 23.7 Å². The highest BCUT2D eigenvalue weighted by Gasteiger charge is 2.06. The smallest absolute Gasteiger partial charge is 0.218 e. The number of nitrogens with one attached hydrogen (secondary N) is 1. The lowest BCUT2D eigenvalue weighted by Crippen LogP contribution is -2.05. The number of para-hydroxylation sites is 1. The van der Waals surface area contributed by atoms with Crippen molar-refractivity contribution < 1.29 is 4.74 Å². The molecular weight excluding hydrogens is 262 g/mol. The lowest BCUT2D eigenvalue weighted by Gasteiger charge is -2.11. The van der Waals surface area contributed by atoms with Gasteiger partial charge in [0.1, 0.15) is 5.82 Å². The van der Waals surface area contributed by atoms with Gasteiger partial charge in [0.15, 0.2) is 0 Å². The van der Waals surface area contributed by atoms with Crippen LogP contribution in [-0.4, -0.2) is 17.1 Å². The SMILES string of the molecule is COc1ncccc1CNc1nc2ccccc2cc1C. The van der Waals surface area contributed by atoms with Gasteiger partial charge in [-0.25, -0.2) is 9.97 Å². The predicted molar refractivity (Wildman–Crippen MR) is 84.6 cm³/mol. The summed E-state index contributed by atoms with van der Waals surface area (Å²) >= 11 is 0. The molecule has 4 nitrogen and oxygen atoms in total. The van der Waals surface area contributed by atoms with Gasteiger partial charge in [-0.15, -0.1) is 0 Å². The molecule has 3 rings (SSSR count). The number of hydrogen-bond donors (Lipinski definition) is 1. The molecule has 1 aromatic carbocycles. The number of rotatable bonds is 4. The van der Waals surface area contributed by atoms with Crippen LogP contribution in [0.1, 0.15) is 11.1 Å². The molecule has 0 aliphatic rings. The van der Waals surface area contributed by atoms with Crippen molar-refractivity contribution in [3.05, 3.63) is 59.8 Å². The molecule has 0 saturated heterocycles. The van der Waals surface area contributed by atoms with E-state index < -0.39 is 0 Å². The standard InChI is InChI=1S/C17H17N3O/c1-12-10-13-6-3-4-8-15(13)20-16(12)19-11-14-7-5-9-18-17(14)21-2/h3-10H,11H2,1-2H3,(H,19,20). The fourth-order valence-electron chi connectivity index (χ4n) is 2.32. The second-order valence-electron chi connectivity index (χ2n) is 4.87. The Bertz CT molecular complexity index is 771. The number of pyridine rings is 2. The number of nitrogens with zero attached hydrogens (tertiary/aromatic N) is 2. The number of benzene rings is 1. The minimum absolute atomic E-state index is 0.628. The van der Waals surface area contributed by atoms with E-state index in [4.69, 9.17) is 4.74 Å². The molecular formula is C17H17N3O. The van der Waals surface area contributed by atoms with E-state index in [-0.39, 0.29) is 0 Å². The third-order valence-corrected chi connectivity index (χ3v) is 3.40. The van der Waals surface area contributed by atoms with E-state index in [0.717, 1.165) is 27.8 Å². The molecule has 0 aliphatic carbocycles. The number of anilines is 1. The van der Waals surface area contributed by atoms with Crippen LogP contribution in [0.25, 0.3) is 10.9 Å². The maximum Gasteiger partial charge on any atom is 0.218 e. The van der Waals surface area contributed by atoms with Crippen LogP contribution in [0.15, 0.2) is 48.7 Å². The molecule has 1 N–H and O–H groups in total. The largest absolute Gasteiger partial charge is 0.481 e. The minimum Gasteiger partial charge on any atom is -0.481 e. The molecule has 0 aliphatic heterocycles. The average molecular weight is 279 g/mol. The Morgan fingerprint density at radius 2 is 2.00 bits per heavy atom. The Labute approximate surface area is 123 Å². The fourth-order valence-corrected chi connectivity index (χ4v) is 2.32. The molecule has 106 valence electrons. The second kappa shape index (κ2) is 5.79. The van der Waals surface area contributed by atoms with Crippen molar-refractivity contribution in [2.24, 2.45) is 0 Å². The van der Waals surface area contributed by atoms with Crippen LogP contribution in [0.3, 0.4) is 0 Å². The zero-order valence-corrected chi connectivity index (χ0v) is 12.1. The normalized spacial score (nSPS) is 10.6. The van der Waals surface area contributed by atoms with Crippen LogP contribution in [0, 0.1) is 6.92 Å². The van der Waals surface area contributed by atoms with E-state index in [1.54, 1.807) is 13.3 Å². The summed E-state index contributed by atoms with van der Waals surface area (Å²) in [6.07, 6.45) is 1.72. The van der Waals surface area contributed by atoms with Gasteiger partial charge in [-0.2, -0.15) is 0 Å². The maximum absolute atomic E-state index is 5.26. The Hall–Kier alpha value is -2.62. The molecule has 0 atom stereocenters. The molecule has 2 aromatic heterocycles. The summed E-state index contributed by atoms with van der Waals surface area (Å²) in [5, 5.41) is 4.52. The summed E-state index contributed by atoms with van der Waals surface area (Å²) in [7, 11) is 1.63. The Balaban J connectivity index is 1.86. The third kappa shape index (κ3) is 2.79. The Kier molecular flexibility index (Phi) is 3.69. The summed E-state index contributed by atoms with van der Waals surface area (Å²) in [4.78, 5) is 8.87. The van der Waals surface area contributed by atoms with Gasteiger partial charge in [-0.05, 0) is 30.7 Å². The van der Waals surface area contributed by atoms with Crippen molar-refractivity contribution in [2.45, 2.75) is 13.5 Å². The van der Waals surface area contributed by atoms with Crippen molar-refractivity contribution in [2.75, 3.05) is 12.4 Å². The van der Waals surface area contributed by atoms with Crippen molar-refractivity contribution in [1.82, 2.24) is 9.97 Å². The summed E-state index contributed by atoms with van der Waals surface area (Å²) in [5.41, 5.74) is 3.12. The molecule has 0 bridgehead atoms. The lowest BCUT2D eigenvalue weighted by molar-refractivity contribution is 0.393. The van der Waals surface area contributed by atoms with E-state index >= 15 is 0 Å². The quantitative estimate of drug-likeness (QED) is 0.793. The van der Waals surface area contributed by atoms with E-state index in [2.05, 4.69) is 34.3 Å². The van der Waals surface area contributed by atoms with Crippen LogP contribution in [0.2, 0.25) is 0 Å². The van der Waals surface area contributed by atoms with Gasteiger partial charge in [-0.1, -0.05) is 24.3 Å². The third-order valence-electron chi connectivity index (χ3n) is 3.40. The highest BCUT2D eigenvalue weighted by Crippen LogP contribution is 2.21. The Morgan fingerprint density at radius 3 is 2.86 bits per heavy atom. The predicted octanol–water partition coefficient (Wildman–Crippen LogP) is 3.56. The van der Waals surface area contributed by atoms with Crippen molar-refractivity contribution >= 4 is 16.7 Å². The van der Waals surface area contributed by atoms with Gasteiger partial charge in [0.05, 0.1) is 12.6 Å². The molecule has 0 radical (unpaired) electrons. The molecule has 0 spiro atoms. The monoisotopic (exact) mass is 279 g/mol. The van der Waals surface area contributed by atoms with Crippen LogP contribution in [-0.2, 0) is 6.54 Å². The van der Waals surface area contributed by atoms with E-state index in [1.165, 1.54) is 0 Å². The van der Waals surface area contributed by atoms with Crippen LogP contribution < -0.4 is 10.1 Å². The zero-order chi connectivity index (χ0) is 14.7.